The molecule has 1 heterocycles. The molecule has 0 fully saturated rings. The van der Waals surface area contributed by atoms with Crippen molar-refractivity contribution in [2.24, 2.45) is 0 Å². The smallest absolute Gasteiger partial charge is 0.326 e. The van der Waals surface area contributed by atoms with E-state index < -0.39 is 17.9 Å². The summed E-state index contributed by atoms with van der Waals surface area (Å²) in [6.45, 7) is 6.70. The third-order valence-corrected chi connectivity index (χ3v) is 3.24. The fraction of sp³-hybridized carbons (Fsp3) is 0.500. The van der Waals surface area contributed by atoms with E-state index in [0.29, 0.717) is 29.7 Å². The zero-order valence-electron chi connectivity index (χ0n) is 12.2. The van der Waals surface area contributed by atoms with Crippen molar-refractivity contribution in [2.45, 2.75) is 46.6 Å². The maximum atomic E-state index is 12.2. The normalized spacial score (nSPS) is 12.0. The summed E-state index contributed by atoms with van der Waals surface area (Å²) < 4.78 is 0. The molecule has 1 aromatic heterocycles. The number of rotatable bonds is 6. The van der Waals surface area contributed by atoms with Crippen molar-refractivity contribution < 1.29 is 19.5 Å². The minimum atomic E-state index is -1.08. The number of nitrogens with one attached hydrogen (secondary N) is 2. The highest BCUT2D eigenvalue weighted by molar-refractivity contribution is 6.03. The topological polar surface area (TPSA) is 99.3 Å². The summed E-state index contributed by atoms with van der Waals surface area (Å²) in [5.74, 6) is -1.68. The number of hydrogen-bond donors (Lipinski definition) is 3. The predicted octanol–water partition coefficient (Wildman–Crippen LogP) is 1.68. The number of Topliss-reactive ketones (excluding diaryl/α,β-unsaturated/α-hetero) is 1. The fourth-order valence-electron chi connectivity index (χ4n) is 2.27. The van der Waals surface area contributed by atoms with Gasteiger partial charge in [0.25, 0.3) is 5.91 Å². The summed E-state index contributed by atoms with van der Waals surface area (Å²) in [4.78, 5) is 37.6. The molecule has 6 heteroatoms. The Hall–Kier alpha value is -2.11. The molecule has 0 spiro atoms. The van der Waals surface area contributed by atoms with Gasteiger partial charge in [0.1, 0.15) is 11.7 Å². The molecule has 1 aromatic rings. The Morgan fingerprint density at radius 3 is 2.30 bits per heavy atom. The van der Waals surface area contributed by atoms with Crippen LogP contribution >= 0.6 is 0 Å². The van der Waals surface area contributed by atoms with E-state index in [1.165, 1.54) is 6.92 Å². The molecule has 1 atom stereocenters. The van der Waals surface area contributed by atoms with Crippen molar-refractivity contribution in [3.8, 4) is 0 Å². The molecule has 20 heavy (non-hydrogen) atoms. The van der Waals surface area contributed by atoms with Gasteiger partial charge in [-0.15, -0.1) is 0 Å². The number of hydrogen-bond acceptors (Lipinski definition) is 3. The van der Waals surface area contributed by atoms with Crippen LogP contribution in [0.5, 0.6) is 0 Å². The van der Waals surface area contributed by atoms with Crippen molar-refractivity contribution in [1.29, 1.82) is 0 Å². The van der Waals surface area contributed by atoms with Crippen molar-refractivity contribution in [3.05, 3.63) is 22.5 Å². The first-order valence-corrected chi connectivity index (χ1v) is 6.59. The number of carboxylic acid groups (broad SMARTS) is 1. The van der Waals surface area contributed by atoms with Crippen LogP contribution in [-0.2, 0) is 11.2 Å². The Morgan fingerprint density at radius 2 is 1.90 bits per heavy atom. The predicted molar refractivity (Wildman–Crippen MR) is 74.1 cm³/mol. The van der Waals surface area contributed by atoms with E-state index in [2.05, 4.69) is 10.3 Å². The molecule has 110 valence electrons. The van der Waals surface area contributed by atoms with Gasteiger partial charge >= 0.3 is 5.97 Å². The van der Waals surface area contributed by atoms with Crippen LogP contribution < -0.4 is 5.32 Å². The monoisotopic (exact) mass is 280 g/mol. The molecule has 1 unspecified atom stereocenters. The van der Waals surface area contributed by atoms with Crippen LogP contribution in [0.4, 0.5) is 0 Å². The van der Waals surface area contributed by atoms with Crippen molar-refractivity contribution in [1.82, 2.24) is 10.3 Å². The first kappa shape index (κ1) is 15.9. The molecule has 3 N–H and O–H groups in total. The maximum Gasteiger partial charge on any atom is 0.326 e. The highest BCUT2D eigenvalue weighted by Gasteiger charge is 2.24. The average Bonchev–Trinajstić information content (AvgIpc) is 2.72. The summed E-state index contributed by atoms with van der Waals surface area (Å²) in [6.07, 6.45) is 0.813. The number of carboxylic acids is 1. The summed E-state index contributed by atoms with van der Waals surface area (Å²) in [5, 5.41) is 11.4. The van der Waals surface area contributed by atoms with Gasteiger partial charge in [-0.1, -0.05) is 13.8 Å². The molecular formula is C14H20N2O4. The maximum absolute atomic E-state index is 12.2. The highest BCUT2D eigenvalue weighted by atomic mass is 16.4. The third kappa shape index (κ3) is 3.07. The molecule has 0 aliphatic rings. The third-order valence-electron chi connectivity index (χ3n) is 3.24. The van der Waals surface area contributed by atoms with Crippen LogP contribution in [0.25, 0.3) is 0 Å². The highest BCUT2D eigenvalue weighted by Crippen LogP contribution is 2.20. The van der Waals surface area contributed by atoms with Gasteiger partial charge in [0.05, 0.1) is 0 Å². The number of aliphatic carboxylic acids is 1. The number of aryl methyl sites for hydroxylation is 1. The molecule has 6 nitrogen and oxygen atoms in total. The lowest BCUT2D eigenvalue weighted by Gasteiger charge is -2.12. The van der Waals surface area contributed by atoms with Gasteiger partial charge in [0.2, 0.25) is 0 Å². The minimum Gasteiger partial charge on any atom is -0.480 e. The van der Waals surface area contributed by atoms with Crippen LogP contribution in [0.15, 0.2) is 0 Å². The summed E-state index contributed by atoms with van der Waals surface area (Å²) in [5.41, 5.74) is 2.05. The van der Waals surface area contributed by atoms with Crippen LogP contribution in [0, 0.1) is 6.92 Å². The van der Waals surface area contributed by atoms with Crippen LogP contribution in [0.3, 0.4) is 0 Å². The Labute approximate surface area is 117 Å². The van der Waals surface area contributed by atoms with E-state index in [9.17, 15) is 14.4 Å². The van der Waals surface area contributed by atoms with E-state index in [4.69, 9.17) is 5.11 Å². The van der Waals surface area contributed by atoms with E-state index in [-0.39, 0.29) is 11.5 Å². The van der Waals surface area contributed by atoms with Crippen LogP contribution in [-0.4, -0.2) is 33.8 Å². The number of aromatic nitrogens is 1. The lowest BCUT2D eigenvalue weighted by Crippen LogP contribution is -2.40. The second kappa shape index (κ2) is 6.36. The Balaban J connectivity index is 3.14. The minimum absolute atomic E-state index is 0.111. The van der Waals surface area contributed by atoms with Gasteiger partial charge in [0, 0.05) is 11.3 Å². The van der Waals surface area contributed by atoms with Crippen molar-refractivity contribution >= 4 is 17.7 Å². The number of carbonyl (C=O) groups excluding carboxylic acids is 2. The van der Waals surface area contributed by atoms with Gasteiger partial charge in [0.15, 0.2) is 5.78 Å². The zero-order chi connectivity index (χ0) is 15.4. The summed E-state index contributed by atoms with van der Waals surface area (Å²) in [6, 6.07) is -0.934. The molecule has 0 radical (unpaired) electrons. The standard InChI is InChI=1S/C14H20N2O4/c1-5-9-11(8(4)17)7(3)15-12(9)13(18)16-10(6-2)14(19)20/h10,15H,5-6H2,1-4H3,(H,16,18)(H,19,20). The second-order valence-electron chi connectivity index (χ2n) is 4.66. The van der Waals surface area contributed by atoms with Crippen molar-refractivity contribution in [2.75, 3.05) is 0 Å². The first-order chi connectivity index (χ1) is 9.33. The molecule has 1 rings (SSSR count). The van der Waals surface area contributed by atoms with Gasteiger partial charge < -0.3 is 15.4 Å². The van der Waals surface area contributed by atoms with E-state index in [1.807, 2.05) is 6.92 Å². The number of amides is 1. The molecule has 0 saturated carbocycles. The Morgan fingerprint density at radius 1 is 1.30 bits per heavy atom. The quantitative estimate of drug-likeness (QED) is 0.690. The molecule has 1 amide bonds. The molecule has 0 aromatic carbocycles. The average molecular weight is 280 g/mol. The van der Waals surface area contributed by atoms with Gasteiger partial charge in [-0.3, -0.25) is 9.59 Å². The van der Waals surface area contributed by atoms with E-state index >= 15 is 0 Å². The molecule has 0 aliphatic carbocycles. The zero-order valence-corrected chi connectivity index (χ0v) is 12.2. The molecule has 0 saturated heterocycles. The van der Waals surface area contributed by atoms with Crippen LogP contribution in [0.1, 0.15) is 59.3 Å². The Kier molecular flexibility index (Phi) is 5.07. The van der Waals surface area contributed by atoms with E-state index in [1.54, 1.807) is 13.8 Å². The summed E-state index contributed by atoms with van der Waals surface area (Å²) >= 11 is 0. The molecular weight excluding hydrogens is 260 g/mol. The number of ketones is 1. The molecule has 0 bridgehead atoms. The first-order valence-electron chi connectivity index (χ1n) is 6.59. The van der Waals surface area contributed by atoms with E-state index in [0.717, 1.165) is 0 Å². The lowest BCUT2D eigenvalue weighted by atomic mass is 10.0. The summed E-state index contributed by atoms with van der Waals surface area (Å²) in [7, 11) is 0. The fourth-order valence-corrected chi connectivity index (χ4v) is 2.27. The second-order valence-corrected chi connectivity index (χ2v) is 4.66. The van der Waals surface area contributed by atoms with Gasteiger partial charge in [-0.25, -0.2) is 4.79 Å². The van der Waals surface area contributed by atoms with Crippen LogP contribution in [0.2, 0.25) is 0 Å². The van der Waals surface area contributed by atoms with Gasteiger partial charge in [-0.2, -0.15) is 0 Å². The number of aromatic amines is 1. The lowest BCUT2D eigenvalue weighted by molar-refractivity contribution is -0.139. The number of carbonyl (C=O) groups is 3. The largest absolute Gasteiger partial charge is 0.480 e. The molecule has 0 aliphatic heterocycles. The van der Waals surface area contributed by atoms with Crippen molar-refractivity contribution in [3.63, 3.8) is 0 Å². The number of H-pyrrole nitrogens is 1. The van der Waals surface area contributed by atoms with Gasteiger partial charge in [-0.05, 0) is 32.3 Å². The Bertz CT molecular complexity index is 546. The SMILES string of the molecule is CCc1c(C(=O)NC(CC)C(=O)O)[nH]c(C)c1C(C)=O.